The van der Waals surface area contributed by atoms with Crippen molar-refractivity contribution in [2.75, 3.05) is 43.9 Å². The van der Waals surface area contributed by atoms with Gasteiger partial charge in [0.15, 0.2) is 5.69 Å². The molecule has 0 bridgehead atoms. The van der Waals surface area contributed by atoms with E-state index in [2.05, 4.69) is 32.2 Å². The third-order valence-electron chi connectivity index (χ3n) is 12.3. The number of amides is 1. The molecule has 1 unspecified atom stereocenters. The summed E-state index contributed by atoms with van der Waals surface area (Å²) in [5, 5.41) is 33.0. The van der Waals surface area contributed by atoms with Crippen LogP contribution in [0.4, 0.5) is 11.4 Å². The molecule has 1 aliphatic heterocycles. The van der Waals surface area contributed by atoms with E-state index in [-0.39, 0.29) is 28.3 Å². The summed E-state index contributed by atoms with van der Waals surface area (Å²) in [6.45, 7) is 9.77. The molecule has 15 heteroatoms. The van der Waals surface area contributed by atoms with Gasteiger partial charge in [0.1, 0.15) is 11.4 Å². The van der Waals surface area contributed by atoms with Crippen LogP contribution in [-0.2, 0) is 11.2 Å². The molecule has 7 aromatic rings. The van der Waals surface area contributed by atoms with Crippen molar-refractivity contribution in [1.29, 1.82) is 0 Å². The number of ether oxygens (including phenoxy) is 2. The minimum Gasteiger partial charge on any atom is -0.493 e. The molecule has 1 atom stereocenters. The van der Waals surface area contributed by atoms with E-state index in [1.807, 2.05) is 99.6 Å². The first-order chi connectivity index (χ1) is 33.1. The largest absolute Gasteiger partial charge is 0.493 e. The second kappa shape index (κ2) is 22.6. The Balaban J connectivity index is 0.932. The summed E-state index contributed by atoms with van der Waals surface area (Å²) >= 11 is 2.74. The van der Waals surface area contributed by atoms with Gasteiger partial charge in [0.25, 0.3) is 11.6 Å². The molecule has 1 amide bonds. The van der Waals surface area contributed by atoms with Crippen LogP contribution < -0.4 is 14.8 Å². The van der Waals surface area contributed by atoms with Crippen molar-refractivity contribution in [3.05, 3.63) is 159 Å². The van der Waals surface area contributed by atoms with Crippen LogP contribution in [0.25, 0.3) is 27.5 Å². The first-order valence-corrected chi connectivity index (χ1v) is 24.9. The summed E-state index contributed by atoms with van der Waals surface area (Å²) in [4.78, 5) is 42.4. The maximum Gasteiger partial charge on any atom is 0.356 e. The number of aromatic carboxylic acids is 1. The molecule has 1 aliphatic rings. The number of aromatic nitrogens is 2. The molecule has 1 fully saturated rings. The van der Waals surface area contributed by atoms with Gasteiger partial charge in [-0.3, -0.25) is 19.6 Å². The number of carbonyl (C=O) groups is 2. The number of carbonyl (C=O) groups excluding carboxylic acids is 1. The number of nitro groups is 1. The molecule has 8 rings (SSSR count). The van der Waals surface area contributed by atoms with Gasteiger partial charge in [0.2, 0.25) is 0 Å². The van der Waals surface area contributed by atoms with E-state index in [1.165, 1.54) is 6.07 Å². The number of piperidine rings is 1. The molecular formula is C53H56N6O7S2. The SMILES string of the molecule is CCOC1CCN(CCC(CSc2ccccc2)Nc2ccc(SNC(=O)c3cc(C)c(-c4cccc5c(CCCOc6cccc7ccccc67)c(C(=O)O)nn45)c(C)c3)cc2[N+](=O)[O-])CC1. The molecule has 0 aliphatic carbocycles. The van der Waals surface area contributed by atoms with Crippen molar-refractivity contribution < 1.29 is 29.1 Å². The predicted molar refractivity (Wildman–Crippen MR) is 272 cm³/mol. The van der Waals surface area contributed by atoms with Crippen molar-refractivity contribution in [3.63, 3.8) is 0 Å². The van der Waals surface area contributed by atoms with Crippen molar-refractivity contribution in [2.24, 2.45) is 0 Å². The average Bonchev–Trinajstić information content (AvgIpc) is 3.73. The number of thioether (sulfide) groups is 1. The number of benzene rings is 5. The highest BCUT2D eigenvalue weighted by atomic mass is 32.2. The zero-order chi connectivity index (χ0) is 47.6. The highest BCUT2D eigenvalue weighted by Crippen LogP contribution is 2.34. The highest BCUT2D eigenvalue weighted by Gasteiger charge is 2.25. The fraction of sp³-hybridized carbons (Fsp3) is 0.302. The van der Waals surface area contributed by atoms with Gasteiger partial charge in [-0.05, 0) is 136 Å². The molecule has 2 aromatic heterocycles. The van der Waals surface area contributed by atoms with Crippen molar-refractivity contribution in [2.45, 2.75) is 74.8 Å². The lowest BCUT2D eigenvalue weighted by molar-refractivity contribution is -0.384. The van der Waals surface area contributed by atoms with Crippen LogP contribution in [0.2, 0.25) is 0 Å². The zero-order valence-corrected chi connectivity index (χ0v) is 40.1. The fourth-order valence-corrected chi connectivity index (χ4v) is 10.6. The van der Waals surface area contributed by atoms with Gasteiger partial charge >= 0.3 is 5.97 Å². The maximum absolute atomic E-state index is 13.7. The minimum atomic E-state index is -1.11. The molecule has 5 aromatic carbocycles. The summed E-state index contributed by atoms with van der Waals surface area (Å²) in [6.07, 6.45) is 4.15. The Labute approximate surface area is 404 Å². The van der Waals surface area contributed by atoms with E-state index >= 15 is 0 Å². The van der Waals surface area contributed by atoms with Crippen LogP contribution in [0.3, 0.4) is 0 Å². The average molecular weight is 953 g/mol. The smallest absolute Gasteiger partial charge is 0.356 e. The number of hydrogen-bond acceptors (Lipinski definition) is 11. The number of rotatable bonds is 21. The summed E-state index contributed by atoms with van der Waals surface area (Å²) in [7, 11) is 0. The normalized spacial score (nSPS) is 13.7. The Bertz CT molecular complexity index is 2870. The summed E-state index contributed by atoms with van der Waals surface area (Å²) in [6, 6.07) is 38.3. The first-order valence-electron chi connectivity index (χ1n) is 23.1. The number of pyridine rings is 1. The molecule has 68 heavy (non-hydrogen) atoms. The Morgan fingerprint density at radius 1 is 0.912 bits per heavy atom. The quantitative estimate of drug-likeness (QED) is 0.0206. The summed E-state index contributed by atoms with van der Waals surface area (Å²) in [5.41, 5.74) is 5.20. The number of hydrogen-bond donors (Lipinski definition) is 3. The predicted octanol–water partition coefficient (Wildman–Crippen LogP) is 11.3. The zero-order valence-electron chi connectivity index (χ0n) is 38.5. The summed E-state index contributed by atoms with van der Waals surface area (Å²) < 4.78 is 16.6. The lowest BCUT2D eigenvalue weighted by Crippen LogP contribution is -2.39. The standard InChI is InChI=1S/C53H56N6O7S2/c1-4-65-40-25-28-57(29-26-40)27-24-39(34-67-41-15-6-5-7-16-41)54-45-23-22-42(33-48(45)59(63)64)68-56-52(60)38-31-35(2)50(36(3)32-38)47-20-11-19-46-44(51(53(61)62)55-58(46)47)18-12-30-66-49-21-10-14-37-13-8-9-17-43(37)49/h5-11,13-17,19-23,31-33,39-40,54H,4,12,18,24-30,34H2,1-3H3,(H,56,60)(H,61,62). The van der Waals surface area contributed by atoms with Crippen LogP contribution in [0.5, 0.6) is 5.75 Å². The van der Waals surface area contributed by atoms with Gasteiger partial charge in [-0.25, -0.2) is 9.31 Å². The Morgan fingerprint density at radius 3 is 2.40 bits per heavy atom. The van der Waals surface area contributed by atoms with Crippen molar-refractivity contribution in [1.82, 2.24) is 19.2 Å². The number of fused-ring (bicyclic) bond motifs is 2. The molecule has 3 N–H and O–H groups in total. The Hall–Kier alpha value is -6.39. The third-order valence-corrected chi connectivity index (χ3v) is 14.3. The van der Waals surface area contributed by atoms with E-state index in [9.17, 15) is 24.8 Å². The molecule has 3 heterocycles. The molecule has 352 valence electrons. The van der Waals surface area contributed by atoms with Gasteiger partial charge in [0.05, 0.1) is 28.8 Å². The number of carboxylic acids is 1. The van der Waals surface area contributed by atoms with Gasteiger partial charge in [-0.15, -0.1) is 11.8 Å². The lowest BCUT2D eigenvalue weighted by Gasteiger charge is -2.32. The Morgan fingerprint density at radius 2 is 1.65 bits per heavy atom. The van der Waals surface area contributed by atoms with Crippen molar-refractivity contribution >= 4 is 63.3 Å². The van der Waals surface area contributed by atoms with Crippen LogP contribution in [0.1, 0.15) is 70.1 Å². The topological polar surface area (TPSA) is 161 Å². The van der Waals surface area contributed by atoms with Crippen LogP contribution in [-0.4, -0.2) is 87.2 Å². The number of nitrogens with one attached hydrogen (secondary N) is 2. The summed E-state index contributed by atoms with van der Waals surface area (Å²) in [5.74, 6) is 0.0391. The highest BCUT2D eigenvalue weighted by molar-refractivity contribution is 7.99. The number of anilines is 1. The second-order valence-electron chi connectivity index (χ2n) is 17.0. The number of likely N-dealkylation sites (tertiary alicyclic amines) is 1. The van der Waals surface area contributed by atoms with E-state index in [4.69, 9.17) is 9.47 Å². The number of aryl methyl sites for hydroxylation is 3. The van der Waals surface area contributed by atoms with E-state index in [1.54, 1.807) is 40.5 Å². The molecule has 0 radical (unpaired) electrons. The minimum absolute atomic E-state index is 0.0126. The van der Waals surface area contributed by atoms with Crippen LogP contribution in [0.15, 0.2) is 131 Å². The fourth-order valence-electron chi connectivity index (χ4n) is 8.99. The van der Waals surface area contributed by atoms with Gasteiger partial charge in [-0.1, -0.05) is 60.7 Å². The lowest BCUT2D eigenvalue weighted by atomic mass is 9.96. The molecule has 13 nitrogen and oxygen atoms in total. The molecule has 0 spiro atoms. The third kappa shape index (κ3) is 11.6. The number of carboxylic acid groups (broad SMARTS) is 1. The Kier molecular flexibility index (Phi) is 16.0. The van der Waals surface area contributed by atoms with Crippen LogP contribution >= 0.6 is 23.7 Å². The molecule has 0 saturated carbocycles. The van der Waals surface area contributed by atoms with E-state index < -0.39 is 5.97 Å². The second-order valence-corrected chi connectivity index (χ2v) is 18.9. The van der Waals surface area contributed by atoms with Crippen LogP contribution in [0, 0.1) is 24.0 Å². The van der Waals surface area contributed by atoms with Gasteiger partial charge in [0, 0.05) is 76.0 Å². The molecule has 1 saturated heterocycles. The van der Waals surface area contributed by atoms with E-state index in [0.717, 1.165) is 101 Å². The van der Waals surface area contributed by atoms with Gasteiger partial charge < -0.3 is 24.8 Å². The van der Waals surface area contributed by atoms with Gasteiger partial charge in [-0.2, -0.15) is 5.10 Å². The first kappa shape index (κ1) is 48.1. The van der Waals surface area contributed by atoms with Crippen molar-refractivity contribution in [3.8, 4) is 17.0 Å². The number of nitrogens with zero attached hydrogens (tertiary/aromatic N) is 4. The molecular weight excluding hydrogens is 897 g/mol. The van der Waals surface area contributed by atoms with E-state index in [0.29, 0.717) is 58.5 Å². The monoisotopic (exact) mass is 952 g/mol. The number of nitro benzene ring substituents is 1. The maximum atomic E-state index is 13.7.